The van der Waals surface area contributed by atoms with Crippen molar-refractivity contribution in [2.75, 3.05) is 5.73 Å². The first-order valence-corrected chi connectivity index (χ1v) is 7.11. The molecule has 0 amide bonds. The van der Waals surface area contributed by atoms with Crippen LogP contribution in [0, 0.1) is 0 Å². The molecular weight excluding hydrogens is 242 g/mol. The molecule has 1 aliphatic rings. The van der Waals surface area contributed by atoms with Crippen LogP contribution in [0.3, 0.4) is 0 Å². The van der Waals surface area contributed by atoms with Gasteiger partial charge in [-0.05, 0) is 25.0 Å². The average molecular weight is 257 g/mol. The number of aromatic nitrogens is 2. The number of nitrogen functional groups attached to an aromatic ring is 1. The van der Waals surface area contributed by atoms with Crippen molar-refractivity contribution < 1.29 is 0 Å². The van der Waals surface area contributed by atoms with E-state index < -0.39 is 0 Å². The van der Waals surface area contributed by atoms with Crippen molar-refractivity contribution in [2.24, 2.45) is 0 Å². The van der Waals surface area contributed by atoms with E-state index in [0.717, 1.165) is 17.3 Å². The molecule has 1 fully saturated rings. The summed E-state index contributed by atoms with van der Waals surface area (Å²) in [5.74, 6) is 2.83. The Labute approximate surface area is 111 Å². The monoisotopic (exact) mass is 257 g/mol. The SMILES string of the molecule is Nc1cc(C2CC2)nc(CSc2ccccc2)n1. The Morgan fingerprint density at radius 1 is 1.17 bits per heavy atom. The van der Waals surface area contributed by atoms with Gasteiger partial charge in [0.15, 0.2) is 0 Å². The maximum atomic E-state index is 5.83. The van der Waals surface area contributed by atoms with E-state index >= 15 is 0 Å². The standard InChI is InChI=1S/C14H15N3S/c15-13-8-12(10-6-7-10)16-14(17-13)9-18-11-4-2-1-3-5-11/h1-5,8,10H,6-7,9H2,(H2,15,16,17). The smallest absolute Gasteiger partial charge is 0.141 e. The fraction of sp³-hybridized carbons (Fsp3) is 0.286. The minimum absolute atomic E-state index is 0.593. The van der Waals surface area contributed by atoms with Crippen LogP contribution in [0.1, 0.15) is 30.3 Å². The largest absolute Gasteiger partial charge is 0.384 e. The zero-order valence-corrected chi connectivity index (χ0v) is 10.9. The second-order valence-electron chi connectivity index (χ2n) is 4.51. The van der Waals surface area contributed by atoms with Gasteiger partial charge in [-0.3, -0.25) is 0 Å². The van der Waals surface area contributed by atoms with Crippen molar-refractivity contribution in [1.82, 2.24) is 9.97 Å². The minimum atomic E-state index is 0.593. The molecule has 92 valence electrons. The summed E-state index contributed by atoms with van der Waals surface area (Å²) in [6.45, 7) is 0. The Morgan fingerprint density at radius 3 is 2.67 bits per heavy atom. The third-order valence-corrected chi connectivity index (χ3v) is 3.93. The molecule has 18 heavy (non-hydrogen) atoms. The predicted molar refractivity (Wildman–Crippen MR) is 74.4 cm³/mol. The molecule has 0 unspecified atom stereocenters. The van der Waals surface area contributed by atoms with Crippen molar-refractivity contribution in [3.05, 3.63) is 47.9 Å². The van der Waals surface area contributed by atoms with E-state index in [-0.39, 0.29) is 0 Å². The molecule has 4 heteroatoms. The first-order valence-electron chi connectivity index (χ1n) is 6.12. The second-order valence-corrected chi connectivity index (χ2v) is 5.56. The van der Waals surface area contributed by atoms with Crippen LogP contribution in [0.2, 0.25) is 0 Å². The Hall–Kier alpha value is -1.55. The molecule has 2 N–H and O–H groups in total. The predicted octanol–water partition coefficient (Wildman–Crippen LogP) is 3.23. The number of rotatable bonds is 4. The first kappa shape index (κ1) is 11.5. The molecule has 1 aromatic carbocycles. The van der Waals surface area contributed by atoms with Gasteiger partial charge in [0, 0.05) is 22.6 Å². The summed E-state index contributed by atoms with van der Waals surface area (Å²) in [5.41, 5.74) is 6.95. The van der Waals surface area contributed by atoms with Crippen molar-refractivity contribution in [2.45, 2.75) is 29.4 Å². The van der Waals surface area contributed by atoms with Gasteiger partial charge in [0.25, 0.3) is 0 Å². The molecule has 0 atom stereocenters. The second kappa shape index (κ2) is 4.98. The lowest BCUT2D eigenvalue weighted by Crippen LogP contribution is -2.01. The lowest BCUT2D eigenvalue weighted by molar-refractivity contribution is 0.937. The van der Waals surface area contributed by atoms with Crippen molar-refractivity contribution in [1.29, 1.82) is 0 Å². The van der Waals surface area contributed by atoms with E-state index in [1.165, 1.54) is 17.7 Å². The highest BCUT2D eigenvalue weighted by Gasteiger charge is 2.25. The van der Waals surface area contributed by atoms with Crippen LogP contribution in [0.4, 0.5) is 5.82 Å². The van der Waals surface area contributed by atoms with Gasteiger partial charge in [-0.25, -0.2) is 9.97 Å². The molecule has 3 rings (SSSR count). The van der Waals surface area contributed by atoms with Gasteiger partial charge in [-0.2, -0.15) is 0 Å². The van der Waals surface area contributed by atoms with E-state index in [9.17, 15) is 0 Å². The Balaban J connectivity index is 1.72. The summed E-state index contributed by atoms with van der Waals surface area (Å²) in [6.07, 6.45) is 2.48. The molecule has 0 bridgehead atoms. The average Bonchev–Trinajstić information content (AvgIpc) is 3.21. The fourth-order valence-electron chi connectivity index (χ4n) is 1.86. The Kier molecular flexibility index (Phi) is 3.19. The number of thioether (sulfide) groups is 1. The van der Waals surface area contributed by atoms with Crippen LogP contribution in [0.15, 0.2) is 41.3 Å². The van der Waals surface area contributed by atoms with Crippen molar-refractivity contribution in [3.8, 4) is 0 Å². The van der Waals surface area contributed by atoms with Crippen LogP contribution in [0.5, 0.6) is 0 Å². The third-order valence-electron chi connectivity index (χ3n) is 2.92. The summed E-state index contributed by atoms with van der Waals surface area (Å²) >= 11 is 1.74. The lowest BCUT2D eigenvalue weighted by Gasteiger charge is -2.05. The highest BCUT2D eigenvalue weighted by molar-refractivity contribution is 7.98. The molecular formula is C14H15N3S. The van der Waals surface area contributed by atoms with E-state index in [2.05, 4.69) is 22.1 Å². The molecule has 1 heterocycles. The molecule has 0 radical (unpaired) electrons. The number of hydrogen-bond donors (Lipinski definition) is 1. The van der Waals surface area contributed by atoms with Crippen LogP contribution in [-0.2, 0) is 5.75 Å². The fourth-order valence-corrected chi connectivity index (χ4v) is 2.63. The summed E-state index contributed by atoms with van der Waals surface area (Å²) < 4.78 is 0. The third kappa shape index (κ3) is 2.82. The Morgan fingerprint density at radius 2 is 1.94 bits per heavy atom. The summed E-state index contributed by atoms with van der Waals surface area (Å²) in [6, 6.07) is 12.2. The molecule has 0 spiro atoms. The van der Waals surface area contributed by atoms with Crippen molar-refractivity contribution >= 4 is 17.6 Å². The highest BCUT2D eigenvalue weighted by atomic mass is 32.2. The summed E-state index contributed by atoms with van der Waals surface area (Å²) in [4.78, 5) is 10.1. The minimum Gasteiger partial charge on any atom is -0.384 e. The maximum Gasteiger partial charge on any atom is 0.141 e. The number of anilines is 1. The molecule has 0 aliphatic heterocycles. The summed E-state index contributed by atoms with van der Waals surface area (Å²) in [7, 11) is 0. The highest BCUT2D eigenvalue weighted by Crippen LogP contribution is 2.39. The van der Waals surface area contributed by atoms with E-state index in [0.29, 0.717) is 11.7 Å². The Bertz CT molecular complexity index is 538. The van der Waals surface area contributed by atoms with E-state index in [1.807, 2.05) is 24.3 Å². The lowest BCUT2D eigenvalue weighted by atomic mass is 10.3. The first-order chi connectivity index (χ1) is 8.81. The van der Waals surface area contributed by atoms with Crippen LogP contribution < -0.4 is 5.73 Å². The van der Waals surface area contributed by atoms with Gasteiger partial charge in [0.1, 0.15) is 11.6 Å². The quantitative estimate of drug-likeness (QED) is 0.854. The van der Waals surface area contributed by atoms with Gasteiger partial charge in [0.2, 0.25) is 0 Å². The molecule has 1 aliphatic carbocycles. The van der Waals surface area contributed by atoms with Crippen LogP contribution >= 0.6 is 11.8 Å². The van der Waals surface area contributed by atoms with Gasteiger partial charge in [-0.15, -0.1) is 11.8 Å². The number of hydrogen-bond acceptors (Lipinski definition) is 4. The van der Waals surface area contributed by atoms with Gasteiger partial charge >= 0.3 is 0 Å². The molecule has 1 saturated carbocycles. The van der Waals surface area contributed by atoms with E-state index in [1.54, 1.807) is 11.8 Å². The molecule has 3 nitrogen and oxygen atoms in total. The van der Waals surface area contributed by atoms with Crippen molar-refractivity contribution in [3.63, 3.8) is 0 Å². The maximum absolute atomic E-state index is 5.83. The van der Waals surface area contributed by atoms with Gasteiger partial charge < -0.3 is 5.73 Å². The van der Waals surface area contributed by atoms with Gasteiger partial charge in [0.05, 0.1) is 5.75 Å². The number of nitrogens with zero attached hydrogens (tertiary/aromatic N) is 2. The summed E-state index contributed by atoms with van der Waals surface area (Å²) in [5, 5.41) is 0. The molecule has 1 aromatic heterocycles. The number of benzene rings is 1. The molecule has 0 saturated heterocycles. The van der Waals surface area contributed by atoms with Crippen LogP contribution in [-0.4, -0.2) is 9.97 Å². The zero-order chi connectivity index (χ0) is 12.4. The zero-order valence-electron chi connectivity index (χ0n) is 10.0. The topological polar surface area (TPSA) is 51.8 Å². The molecule has 2 aromatic rings. The van der Waals surface area contributed by atoms with Crippen LogP contribution in [0.25, 0.3) is 0 Å². The van der Waals surface area contributed by atoms with Gasteiger partial charge in [-0.1, -0.05) is 18.2 Å². The number of nitrogens with two attached hydrogens (primary N) is 1. The normalized spacial score (nSPS) is 14.7. The van der Waals surface area contributed by atoms with E-state index in [4.69, 9.17) is 5.73 Å².